The van der Waals surface area contributed by atoms with E-state index in [4.69, 9.17) is 4.98 Å². The summed E-state index contributed by atoms with van der Waals surface area (Å²) in [5.41, 5.74) is 0.506. The summed E-state index contributed by atoms with van der Waals surface area (Å²) in [7, 11) is 0. The maximum Gasteiger partial charge on any atom is 0.330 e. The number of phenols is 1. The van der Waals surface area contributed by atoms with Gasteiger partial charge in [0.25, 0.3) is 0 Å². The molecule has 2 heterocycles. The number of urea groups is 1. The molecule has 38 heavy (non-hydrogen) atoms. The van der Waals surface area contributed by atoms with Crippen molar-refractivity contribution in [3.63, 3.8) is 0 Å². The van der Waals surface area contributed by atoms with Crippen LogP contribution in [0.4, 0.5) is 31.0 Å². The average molecular weight is 531 g/mol. The third-order valence-electron chi connectivity index (χ3n) is 7.57. The number of carbonyl (C=O) groups is 1. The molecule has 8 nitrogen and oxygen atoms in total. The Morgan fingerprint density at radius 1 is 1.11 bits per heavy atom. The first-order chi connectivity index (χ1) is 18.2. The number of benzene rings is 1. The molecule has 0 spiro atoms. The number of phenolic OH excluding ortho intramolecular Hbond substituents is 1. The highest BCUT2D eigenvalue weighted by Crippen LogP contribution is 2.38. The first kappa shape index (κ1) is 28.0. The summed E-state index contributed by atoms with van der Waals surface area (Å²) >= 11 is 0. The summed E-state index contributed by atoms with van der Waals surface area (Å²) < 4.78 is 28.4. The second-order valence-corrected chi connectivity index (χ2v) is 10.9. The fourth-order valence-electron chi connectivity index (χ4n) is 5.59. The maximum atomic E-state index is 14.8. The normalized spacial score (nSPS) is 16.3. The third-order valence-corrected chi connectivity index (χ3v) is 7.57. The Kier molecular flexibility index (Phi) is 9.02. The molecule has 0 unspecified atom stereocenters. The van der Waals surface area contributed by atoms with E-state index in [2.05, 4.69) is 42.9 Å². The number of nitrogens with zero attached hydrogens (tertiary/aromatic N) is 5. The second-order valence-electron chi connectivity index (χ2n) is 10.9. The van der Waals surface area contributed by atoms with E-state index in [1.54, 1.807) is 11.1 Å². The zero-order valence-corrected chi connectivity index (χ0v) is 22.9. The Bertz CT molecular complexity index is 1110. The Hall–Kier alpha value is -3.01. The molecule has 208 valence electrons. The van der Waals surface area contributed by atoms with Gasteiger partial charge in [0.15, 0.2) is 17.4 Å². The molecular weight excluding hydrogens is 490 g/mol. The number of carbonyl (C=O) groups excluding carboxylic acids is 1. The van der Waals surface area contributed by atoms with Crippen molar-refractivity contribution >= 4 is 23.5 Å². The van der Waals surface area contributed by atoms with E-state index in [0.717, 1.165) is 64.1 Å². The van der Waals surface area contributed by atoms with Gasteiger partial charge in [-0.3, -0.25) is 14.7 Å². The predicted molar refractivity (Wildman–Crippen MR) is 146 cm³/mol. The first-order valence-electron chi connectivity index (χ1n) is 13.8. The zero-order valence-electron chi connectivity index (χ0n) is 22.9. The SMILES string of the molecule is CC(C)N(CCCCCNc1ncc2c(n1)N(C1CCCC1)C(=O)N(c1ccc(F)c(O)c1F)C2)C(C)C. The fourth-order valence-corrected chi connectivity index (χ4v) is 5.59. The summed E-state index contributed by atoms with van der Waals surface area (Å²) in [6, 6.07) is 2.71. The number of hydrogen-bond acceptors (Lipinski definition) is 6. The first-order valence-corrected chi connectivity index (χ1v) is 13.8. The van der Waals surface area contributed by atoms with Crippen molar-refractivity contribution in [3.05, 3.63) is 35.5 Å². The van der Waals surface area contributed by atoms with Crippen LogP contribution in [0.1, 0.15) is 78.2 Å². The summed E-state index contributed by atoms with van der Waals surface area (Å²) in [6.45, 7) is 10.8. The van der Waals surface area contributed by atoms with Gasteiger partial charge >= 0.3 is 6.03 Å². The standard InChI is InChI=1S/C28H40F2N6O2/c1-18(2)34(19(3)4)15-9-5-8-14-31-27-32-16-20-17-35(23-13-12-22(29)25(37)24(23)30)28(38)36(26(20)33-27)21-10-6-7-11-21/h12-13,16,18-19,21,37H,5-11,14-15,17H2,1-4H3,(H,31,32,33). The van der Waals surface area contributed by atoms with Gasteiger partial charge in [0, 0.05) is 36.4 Å². The second kappa shape index (κ2) is 12.2. The smallest absolute Gasteiger partial charge is 0.330 e. The quantitative estimate of drug-likeness (QED) is 0.344. The lowest BCUT2D eigenvalue weighted by molar-refractivity contribution is 0.171. The van der Waals surface area contributed by atoms with Crippen LogP contribution in [0.25, 0.3) is 0 Å². The topological polar surface area (TPSA) is 84.8 Å². The van der Waals surface area contributed by atoms with Gasteiger partial charge in [-0.1, -0.05) is 19.3 Å². The zero-order chi connectivity index (χ0) is 27.4. The number of fused-ring (bicyclic) bond motifs is 1. The molecule has 1 aromatic heterocycles. The van der Waals surface area contributed by atoms with Crippen LogP contribution in [-0.2, 0) is 6.54 Å². The molecule has 1 aliphatic carbocycles. The molecule has 0 saturated heterocycles. The van der Waals surface area contributed by atoms with Crippen molar-refractivity contribution in [2.24, 2.45) is 0 Å². The molecule has 0 radical (unpaired) electrons. The number of amides is 2. The molecule has 0 bridgehead atoms. The van der Waals surface area contributed by atoms with Gasteiger partial charge in [0.1, 0.15) is 5.82 Å². The molecule has 2 N–H and O–H groups in total. The van der Waals surface area contributed by atoms with E-state index in [9.17, 15) is 18.7 Å². The molecule has 2 aromatic rings. The molecule has 4 rings (SSSR count). The van der Waals surface area contributed by atoms with E-state index in [1.807, 2.05) is 0 Å². The lowest BCUT2D eigenvalue weighted by Crippen LogP contribution is -2.52. The van der Waals surface area contributed by atoms with Crippen LogP contribution in [0.15, 0.2) is 18.3 Å². The minimum absolute atomic E-state index is 0.0296. The minimum Gasteiger partial charge on any atom is -0.503 e. The Labute approximate surface area is 224 Å². The van der Waals surface area contributed by atoms with Gasteiger partial charge in [-0.15, -0.1) is 0 Å². The molecular formula is C28H40F2N6O2. The molecule has 1 fully saturated rings. The van der Waals surface area contributed by atoms with Crippen LogP contribution in [0, 0.1) is 11.6 Å². The lowest BCUT2D eigenvalue weighted by Gasteiger charge is -2.39. The van der Waals surface area contributed by atoms with Crippen LogP contribution < -0.4 is 15.1 Å². The number of aromatic hydroxyl groups is 1. The number of hydrogen-bond donors (Lipinski definition) is 2. The van der Waals surface area contributed by atoms with Gasteiger partial charge < -0.3 is 10.4 Å². The van der Waals surface area contributed by atoms with Crippen molar-refractivity contribution in [1.29, 1.82) is 0 Å². The van der Waals surface area contributed by atoms with Gasteiger partial charge in [-0.2, -0.15) is 4.98 Å². The minimum atomic E-state index is -1.16. The van der Waals surface area contributed by atoms with E-state index < -0.39 is 23.4 Å². The van der Waals surface area contributed by atoms with Crippen LogP contribution in [-0.4, -0.2) is 57.2 Å². The Morgan fingerprint density at radius 3 is 2.50 bits per heavy atom. The number of anilines is 3. The molecule has 10 heteroatoms. The highest BCUT2D eigenvalue weighted by Gasteiger charge is 2.39. The van der Waals surface area contributed by atoms with Gasteiger partial charge in [0.2, 0.25) is 5.95 Å². The van der Waals surface area contributed by atoms with Crippen molar-refractivity contribution in [2.45, 2.75) is 97.3 Å². The van der Waals surface area contributed by atoms with Gasteiger partial charge in [-0.25, -0.2) is 18.6 Å². The van der Waals surface area contributed by atoms with Crippen molar-refractivity contribution in [3.8, 4) is 5.75 Å². The van der Waals surface area contributed by atoms with E-state index in [0.29, 0.717) is 29.4 Å². The van der Waals surface area contributed by atoms with Crippen LogP contribution in [0.3, 0.4) is 0 Å². The van der Waals surface area contributed by atoms with Crippen molar-refractivity contribution < 1.29 is 18.7 Å². The maximum absolute atomic E-state index is 14.8. The molecule has 0 atom stereocenters. The lowest BCUT2D eigenvalue weighted by atomic mass is 10.1. The van der Waals surface area contributed by atoms with Crippen molar-refractivity contribution in [1.82, 2.24) is 14.9 Å². The van der Waals surface area contributed by atoms with E-state index in [-0.39, 0.29) is 18.3 Å². The van der Waals surface area contributed by atoms with Gasteiger partial charge in [0.05, 0.1) is 12.2 Å². The largest absolute Gasteiger partial charge is 0.503 e. The molecule has 2 aliphatic rings. The number of rotatable bonds is 11. The van der Waals surface area contributed by atoms with Gasteiger partial charge in [-0.05, 0) is 72.1 Å². The number of nitrogens with one attached hydrogen (secondary N) is 1. The Balaban J connectivity index is 1.46. The Morgan fingerprint density at radius 2 is 1.82 bits per heavy atom. The molecule has 1 aromatic carbocycles. The molecule has 1 saturated carbocycles. The highest BCUT2D eigenvalue weighted by atomic mass is 19.1. The average Bonchev–Trinajstić information content (AvgIpc) is 3.41. The van der Waals surface area contributed by atoms with Crippen LogP contribution in [0.2, 0.25) is 0 Å². The highest BCUT2D eigenvalue weighted by molar-refractivity contribution is 6.06. The van der Waals surface area contributed by atoms with Crippen molar-refractivity contribution in [2.75, 3.05) is 28.2 Å². The fraction of sp³-hybridized carbons (Fsp3) is 0.607. The molecule has 2 amide bonds. The number of halogens is 2. The third kappa shape index (κ3) is 6.00. The summed E-state index contributed by atoms with van der Waals surface area (Å²) in [4.78, 5) is 28.2. The number of aromatic nitrogens is 2. The van der Waals surface area contributed by atoms with E-state index in [1.165, 1.54) is 11.0 Å². The summed E-state index contributed by atoms with van der Waals surface area (Å²) in [5.74, 6) is -2.32. The number of unbranched alkanes of at least 4 members (excludes halogenated alkanes) is 2. The predicted octanol–water partition coefficient (Wildman–Crippen LogP) is 6.05. The monoisotopic (exact) mass is 530 g/mol. The van der Waals surface area contributed by atoms with Crippen LogP contribution in [0.5, 0.6) is 5.75 Å². The summed E-state index contributed by atoms with van der Waals surface area (Å²) in [6.07, 6.45) is 8.50. The summed E-state index contributed by atoms with van der Waals surface area (Å²) in [5, 5.41) is 13.1. The molecule has 1 aliphatic heterocycles. The van der Waals surface area contributed by atoms with Crippen LogP contribution >= 0.6 is 0 Å². The van der Waals surface area contributed by atoms with E-state index >= 15 is 0 Å².